The van der Waals surface area contributed by atoms with Crippen LogP contribution in [0.1, 0.15) is 25.0 Å². The third-order valence-corrected chi connectivity index (χ3v) is 2.85. The van der Waals surface area contributed by atoms with Gasteiger partial charge in [-0.3, -0.25) is 9.59 Å². The first-order chi connectivity index (χ1) is 8.08. The van der Waals surface area contributed by atoms with E-state index in [1.807, 2.05) is 6.07 Å². The number of hydrogen-bond donors (Lipinski definition) is 1. The molecular formula is C11H12N2O3S. The molecule has 17 heavy (non-hydrogen) atoms. The van der Waals surface area contributed by atoms with Gasteiger partial charge < -0.3 is 10.1 Å². The molecule has 1 aromatic rings. The smallest absolute Gasteiger partial charge is 0.310 e. The third kappa shape index (κ3) is 3.57. The molecule has 0 radical (unpaired) electrons. The SMILES string of the molecule is CCOC(=O)Cc1csc(NC(C)=O)c1C#N. The average Bonchev–Trinajstić information content (AvgIpc) is 2.59. The van der Waals surface area contributed by atoms with Gasteiger partial charge >= 0.3 is 5.97 Å². The van der Waals surface area contributed by atoms with Gasteiger partial charge in [-0.1, -0.05) is 0 Å². The van der Waals surface area contributed by atoms with Gasteiger partial charge in [-0.2, -0.15) is 5.26 Å². The van der Waals surface area contributed by atoms with Gasteiger partial charge in [0.1, 0.15) is 11.1 Å². The number of nitrogens with one attached hydrogen (secondary N) is 1. The summed E-state index contributed by atoms with van der Waals surface area (Å²) < 4.78 is 4.80. The number of carbonyl (C=O) groups excluding carboxylic acids is 2. The molecular weight excluding hydrogens is 240 g/mol. The maximum Gasteiger partial charge on any atom is 0.310 e. The van der Waals surface area contributed by atoms with Crippen molar-refractivity contribution < 1.29 is 14.3 Å². The predicted molar refractivity (Wildman–Crippen MR) is 63.7 cm³/mol. The fourth-order valence-corrected chi connectivity index (χ4v) is 2.22. The number of carbonyl (C=O) groups is 2. The van der Waals surface area contributed by atoms with Gasteiger partial charge in [0.2, 0.25) is 5.91 Å². The summed E-state index contributed by atoms with van der Waals surface area (Å²) in [6.45, 7) is 3.40. The van der Waals surface area contributed by atoms with E-state index in [1.54, 1.807) is 12.3 Å². The van der Waals surface area contributed by atoms with Crippen LogP contribution in [-0.4, -0.2) is 18.5 Å². The number of anilines is 1. The Kier molecular flexibility index (Phi) is 4.67. The number of thiophene rings is 1. The molecule has 0 unspecified atom stereocenters. The molecule has 1 heterocycles. The Labute approximate surface area is 103 Å². The van der Waals surface area contributed by atoms with Crippen LogP contribution in [0.4, 0.5) is 5.00 Å². The summed E-state index contributed by atoms with van der Waals surface area (Å²) in [5, 5.41) is 13.7. The van der Waals surface area contributed by atoms with E-state index in [9.17, 15) is 9.59 Å². The molecule has 0 saturated heterocycles. The van der Waals surface area contributed by atoms with Crippen LogP contribution in [0.3, 0.4) is 0 Å². The van der Waals surface area contributed by atoms with Crippen molar-refractivity contribution in [2.75, 3.05) is 11.9 Å². The van der Waals surface area contributed by atoms with Crippen molar-refractivity contribution in [1.82, 2.24) is 0 Å². The lowest BCUT2D eigenvalue weighted by Crippen LogP contribution is -2.09. The maximum absolute atomic E-state index is 11.3. The Morgan fingerprint density at radius 2 is 2.29 bits per heavy atom. The van der Waals surface area contributed by atoms with E-state index in [2.05, 4.69) is 5.32 Å². The van der Waals surface area contributed by atoms with Crippen LogP contribution >= 0.6 is 11.3 Å². The number of hydrogen-bond acceptors (Lipinski definition) is 5. The zero-order valence-electron chi connectivity index (χ0n) is 9.57. The number of amides is 1. The van der Waals surface area contributed by atoms with Crippen LogP contribution in [0.25, 0.3) is 0 Å². The second-order valence-electron chi connectivity index (χ2n) is 3.24. The summed E-state index contributed by atoms with van der Waals surface area (Å²) in [5.41, 5.74) is 0.915. The van der Waals surface area contributed by atoms with Gasteiger partial charge in [-0.05, 0) is 17.9 Å². The molecule has 6 heteroatoms. The Balaban J connectivity index is 2.87. The predicted octanol–water partition coefficient (Wildman–Crippen LogP) is 1.68. The van der Waals surface area contributed by atoms with Crippen molar-refractivity contribution in [3.63, 3.8) is 0 Å². The van der Waals surface area contributed by atoms with E-state index in [-0.39, 0.29) is 18.3 Å². The lowest BCUT2D eigenvalue weighted by Gasteiger charge is -2.01. The molecule has 0 aromatic carbocycles. The first-order valence-corrected chi connectivity index (χ1v) is 5.90. The normalized spacial score (nSPS) is 9.47. The summed E-state index contributed by atoms with van der Waals surface area (Å²) in [5.74, 6) is -0.623. The lowest BCUT2D eigenvalue weighted by atomic mass is 10.1. The van der Waals surface area contributed by atoms with Gasteiger partial charge in [-0.15, -0.1) is 11.3 Å². The molecule has 0 aliphatic heterocycles. The Morgan fingerprint density at radius 1 is 1.59 bits per heavy atom. The Morgan fingerprint density at radius 3 is 2.82 bits per heavy atom. The summed E-state index contributed by atoms with van der Waals surface area (Å²) in [4.78, 5) is 22.2. The minimum absolute atomic E-state index is 0.0484. The zero-order valence-corrected chi connectivity index (χ0v) is 10.4. The highest BCUT2D eigenvalue weighted by Gasteiger charge is 2.15. The number of ether oxygens (including phenoxy) is 1. The van der Waals surface area contributed by atoms with Crippen molar-refractivity contribution in [2.45, 2.75) is 20.3 Å². The van der Waals surface area contributed by atoms with E-state index in [1.165, 1.54) is 18.3 Å². The lowest BCUT2D eigenvalue weighted by molar-refractivity contribution is -0.142. The largest absolute Gasteiger partial charge is 0.466 e. The van der Waals surface area contributed by atoms with Crippen molar-refractivity contribution in [3.05, 3.63) is 16.5 Å². The second kappa shape index (κ2) is 6.01. The Hall–Kier alpha value is -1.87. The fourth-order valence-electron chi connectivity index (χ4n) is 1.27. The third-order valence-electron chi connectivity index (χ3n) is 1.91. The van der Waals surface area contributed by atoms with Gasteiger partial charge in [-0.25, -0.2) is 0 Å². The molecule has 0 spiro atoms. The minimum Gasteiger partial charge on any atom is -0.466 e. The van der Waals surface area contributed by atoms with E-state index in [0.717, 1.165) is 0 Å². The van der Waals surface area contributed by atoms with Gasteiger partial charge in [0.15, 0.2) is 0 Å². The molecule has 90 valence electrons. The molecule has 1 amide bonds. The van der Waals surface area contributed by atoms with Crippen molar-refractivity contribution in [2.24, 2.45) is 0 Å². The number of rotatable bonds is 4. The number of esters is 1. The van der Waals surface area contributed by atoms with Crippen LogP contribution in [0.5, 0.6) is 0 Å². The van der Waals surface area contributed by atoms with Crippen LogP contribution in [0, 0.1) is 11.3 Å². The molecule has 1 N–H and O–H groups in total. The molecule has 0 aliphatic rings. The standard InChI is InChI=1S/C11H12N2O3S/c1-3-16-10(15)4-8-6-17-11(9(8)5-12)13-7(2)14/h6H,3-4H2,1-2H3,(H,13,14). The van der Waals surface area contributed by atoms with Crippen LogP contribution in [0.15, 0.2) is 5.38 Å². The summed E-state index contributed by atoms with van der Waals surface area (Å²) in [6, 6.07) is 1.98. The summed E-state index contributed by atoms with van der Waals surface area (Å²) in [7, 11) is 0. The van der Waals surface area contributed by atoms with E-state index in [4.69, 9.17) is 10.00 Å². The van der Waals surface area contributed by atoms with Crippen molar-refractivity contribution >= 4 is 28.2 Å². The molecule has 0 aliphatic carbocycles. The van der Waals surface area contributed by atoms with Gasteiger partial charge in [0.05, 0.1) is 18.6 Å². The molecule has 0 atom stereocenters. The van der Waals surface area contributed by atoms with Crippen LogP contribution in [0.2, 0.25) is 0 Å². The van der Waals surface area contributed by atoms with Gasteiger partial charge in [0.25, 0.3) is 0 Å². The van der Waals surface area contributed by atoms with Crippen molar-refractivity contribution in [1.29, 1.82) is 5.26 Å². The first kappa shape index (κ1) is 13.2. The second-order valence-corrected chi connectivity index (χ2v) is 4.12. The highest BCUT2D eigenvalue weighted by molar-refractivity contribution is 7.14. The highest BCUT2D eigenvalue weighted by atomic mass is 32.1. The molecule has 5 nitrogen and oxygen atoms in total. The highest BCUT2D eigenvalue weighted by Crippen LogP contribution is 2.28. The fraction of sp³-hybridized carbons (Fsp3) is 0.364. The summed E-state index contributed by atoms with van der Waals surface area (Å²) >= 11 is 1.23. The molecule has 1 aromatic heterocycles. The van der Waals surface area contributed by atoms with E-state index < -0.39 is 0 Å². The Bertz CT molecular complexity index is 474. The van der Waals surface area contributed by atoms with Crippen LogP contribution in [-0.2, 0) is 20.7 Å². The minimum atomic E-state index is -0.379. The summed E-state index contributed by atoms with van der Waals surface area (Å²) in [6.07, 6.45) is 0.0484. The quantitative estimate of drug-likeness (QED) is 0.827. The monoisotopic (exact) mass is 252 g/mol. The zero-order chi connectivity index (χ0) is 12.8. The molecule has 0 fully saturated rings. The van der Waals surface area contributed by atoms with Gasteiger partial charge in [0, 0.05) is 6.92 Å². The average molecular weight is 252 g/mol. The van der Waals surface area contributed by atoms with E-state index in [0.29, 0.717) is 22.7 Å². The molecule has 1 rings (SSSR count). The van der Waals surface area contributed by atoms with Crippen molar-refractivity contribution in [3.8, 4) is 6.07 Å². The number of nitriles is 1. The molecule has 0 bridgehead atoms. The van der Waals surface area contributed by atoms with Crippen LogP contribution < -0.4 is 5.32 Å². The van der Waals surface area contributed by atoms with E-state index >= 15 is 0 Å². The first-order valence-electron chi connectivity index (χ1n) is 5.02. The maximum atomic E-state index is 11.3. The molecule has 0 saturated carbocycles. The number of nitrogens with zero attached hydrogens (tertiary/aromatic N) is 1. The topological polar surface area (TPSA) is 79.2 Å².